The van der Waals surface area contributed by atoms with Crippen LogP contribution in [-0.2, 0) is 10.8 Å². The summed E-state index contributed by atoms with van der Waals surface area (Å²) in [5, 5.41) is 9.65. The number of furan rings is 1. The topological polar surface area (TPSA) is 24.6 Å². The van der Waals surface area contributed by atoms with E-state index in [0.717, 1.165) is 39.0 Å². The molecule has 14 rings (SSSR count). The van der Waals surface area contributed by atoms with Gasteiger partial charge in [-0.25, -0.2) is 0 Å². The van der Waals surface area contributed by atoms with Crippen LogP contribution in [-0.4, -0.2) is 11.3 Å². The molecule has 4 heterocycles. The molecular weight excluding hydrogens is 850 g/mol. The predicted octanol–water partition coefficient (Wildman–Crippen LogP) is 16.8. The van der Waals surface area contributed by atoms with Gasteiger partial charge in [-0.05, 0) is 151 Å². The molecule has 0 amide bonds. The van der Waals surface area contributed by atoms with Crippen molar-refractivity contribution in [2.45, 2.75) is 59.3 Å². The molecule has 0 bridgehead atoms. The summed E-state index contributed by atoms with van der Waals surface area (Å²) in [5.74, 6) is 0. The molecule has 0 radical (unpaired) electrons. The van der Waals surface area contributed by atoms with Gasteiger partial charge in [-0.1, -0.05) is 151 Å². The summed E-state index contributed by atoms with van der Waals surface area (Å²) in [5.41, 5.74) is 19.9. The number of nitrogens with zero attached hydrogens (tertiary/aromatic N) is 3. The summed E-state index contributed by atoms with van der Waals surface area (Å²) in [6.07, 6.45) is 0. The Morgan fingerprint density at radius 2 is 1.11 bits per heavy atom. The fourth-order valence-electron chi connectivity index (χ4n) is 12.1. The fourth-order valence-corrected chi connectivity index (χ4v) is 12.1. The van der Waals surface area contributed by atoms with Crippen molar-refractivity contribution in [1.29, 1.82) is 0 Å². The van der Waals surface area contributed by atoms with Gasteiger partial charge < -0.3 is 18.7 Å². The molecule has 5 heteroatoms. The Morgan fingerprint density at radius 1 is 0.500 bits per heavy atom. The number of hydrogen-bond donors (Lipinski definition) is 0. The Kier molecular flexibility index (Phi) is 8.50. The van der Waals surface area contributed by atoms with Crippen LogP contribution in [0.3, 0.4) is 0 Å². The van der Waals surface area contributed by atoms with Crippen LogP contribution >= 0.6 is 0 Å². The first-order chi connectivity index (χ1) is 33.9. The molecule has 0 saturated heterocycles. The molecule has 0 spiro atoms. The van der Waals surface area contributed by atoms with Gasteiger partial charge >= 0.3 is 6.85 Å². The summed E-state index contributed by atoms with van der Waals surface area (Å²) in [7, 11) is 0. The number of aryl methyl sites for hydroxylation is 1. The first-order valence-electron chi connectivity index (χ1n) is 24.8. The van der Waals surface area contributed by atoms with Gasteiger partial charge in [0, 0.05) is 66.9 Å². The fraction of sp³-hybridized carbons (Fsp3) is 0.138. The Labute approximate surface area is 409 Å². The minimum Gasteiger partial charge on any atom is -0.455 e. The Balaban J connectivity index is 1.21. The third kappa shape index (κ3) is 5.84. The quantitative estimate of drug-likeness (QED) is 0.130. The SMILES string of the molecule is Cc1c2c(cc3cc4ccccc4cc13)B1c3c(cc(N(c4ccccc4)c4ccccc4)cc3N2c2cc(C(C)(C)C)cc(C(C)(C)C)c2)-c2cc3c4ccccc4oc3c3c4ccccc4n1c23. The highest BCUT2D eigenvalue weighted by Crippen LogP contribution is 2.52. The third-order valence-electron chi connectivity index (χ3n) is 15.5. The van der Waals surface area contributed by atoms with Gasteiger partial charge in [-0.2, -0.15) is 0 Å². The molecule has 0 aliphatic carbocycles. The van der Waals surface area contributed by atoms with Gasteiger partial charge in [0.1, 0.15) is 11.2 Å². The van der Waals surface area contributed by atoms with E-state index in [0.29, 0.717) is 0 Å². The van der Waals surface area contributed by atoms with E-state index in [2.05, 4.69) is 251 Å². The molecule has 0 atom stereocenters. The molecule has 0 fully saturated rings. The highest BCUT2D eigenvalue weighted by Gasteiger charge is 2.45. The average Bonchev–Trinajstić information content (AvgIpc) is 3.91. The van der Waals surface area contributed by atoms with Gasteiger partial charge in [0.25, 0.3) is 0 Å². The van der Waals surface area contributed by atoms with Crippen LogP contribution in [0.1, 0.15) is 58.2 Å². The van der Waals surface area contributed by atoms with Crippen LogP contribution in [0.15, 0.2) is 192 Å². The van der Waals surface area contributed by atoms with Gasteiger partial charge in [-0.3, -0.25) is 0 Å². The summed E-state index contributed by atoms with van der Waals surface area (Å²) < 4.78 is 9.67. The highest BCUT2D eigenvalue weighted by atomic mass is 16.3. The second-order valence-electron chi connectivity index (χ2n) is 21.8. The number of fused-ring (bicyclic) bond motifs is 13. The molecular formula is C65H52BN3O. The van der Waals surface area contributed by atoms with Crippen LogP contribution in [0.4, 0.5) is 34.1 Å². The first kappa shape index (κ1) is 41.0. The van der Waals surface area contributed by atoms with Crippen molar-refractivity contribution in [3.8, 4) is 11.1 Å². The zero-order chi connectivity index (χ0) is 47.4. The molecule has 336 valence electrons. The van der Waals surface area contributed by atoms with Crippen LogP contribution in [0.25, 0.3) is 76.4 Å². The lowest BCUT2D eigenvalue weighted by Crippen LogP contribution is -2.57. The first-order valence-corrected chi connectivity index (χ1v) is 24.8. The predicted molar refractivity (Wildman–Crippen MR) is 299 cm³/mol. The van der Waals surface area contributed by atoms with E-state index >= 15 is 0 Å². The van der Waals surface area contributed by atoms with Gasteiger partial charge in [0.2, 0.25) is 0 Å². The number of benzene rings is 10. The summed E-state index contributed by atoms with van der Waals surface area (Å²) in [4.78, 5) is 5.11. The summed E-state index contributed by atoms with van der Waals surface area (Å²) >= 11 is 0. The van der Waals surface area contributed by atoms with Crippen LogP contribution < -0.4 is 20.7 Å². The monoisotopic (exact) mass is 901 g/mol. The molecule has 2 aromatic heterocycles. The van der Waals surface area contributed by atoms with E-state index < -0.39 is 0 Å². The van der Waals surface area contributed by atoms with E-state index in [1.54, 1.807) is 0 Å². The van der Waals surface area contributed by atoms with Crippen molar-refractivity contribution in [3.05, 3.63) is 205 Å². The van der Waals surface area contributed by atoms with E-state index in [4.69, 9.17) is 4.42 Å². The van der Waals surface area contributed by atoms with Crippen LogP contribution in [0.2, 0.25) is 0 Å². The largest absolute Gasteiger partial charge is 0.455 e. The second kappa shape index (κ2) is 14.5. The van der Waals surface area contributed by atoms with Crippen molar-refractivity contribution in [2.24, 2.45) is 0 Å². The molecule has 2 aliphatic rings. The lowest BCUT2D eigenvalue weighted by molar-refractivity contribution is 0.569. The van der Waals surface area contributed by atoms with E-state index in [-0.39, 0.29) is 17.7 Å². The molecule has 0 saturated carbocycles. The van der Waals surface area contributed by atoms with Gasteiger partial charge in [-0.15, -0.1) is 0 Å². The normalized spacial score (nSPS) is 13.3. The molecule has 2 aliphatic heterocycles. The maximum atomic E-state index is 6.99. The number of anilines is 6. The lowest BCUT2D eigenvalue weighted by Gasteiger charge is -2.43. The molecule has 70 heavy (non-hydrogen) atoms. The Bertz CT molecular complexity index is 4100. The molecule has 4 nitrogen and oxygen atoms in total. The number of para-hydroxylation sites is 4. The van der Waals surface area contributed by atoms with Gasteiger partial charge in [0.15, 0.2) is 0 Å². The molecule has 10 aromatic carbocycles. The summed E-state index contributed by atoms with van der Waals surface area (Å²) in [6.45, 7) is 16.3. The number of hydrogen-bond acceptors (Lipinski definition) is 3. The molecule has 12 aromatic rings. The van der Waals surface area contributed by atoms with E-state index in [9.17, 15) is 0 Å². The Morgan fingerprint density at radius 3 is 1.80 bits per heavy atom. The third-order valence-corrected chi connectivity index (χ3v) is 15.5. The van der Waals surface area contributed by atoms with Crippen molar-refractivity contribution in [3.63, 3.8) is 0 Å². The standard InChI is InChI=1S/C65H52BN3O/c1-39-51-31-41-21-15-14-20-40(41)30-42(51)32-55-61(39)68(47-34-43(64(2,3)4)33-44(35-47)65(5,6)7)57-37-48(67(45-22-10-8-11-23-45)46-24-12-9-13-25-46)36-52-53-38-54-49-26-17-19-29-58(49)70-63(54)59-50-27-16-18-28-56(50)69(62(53)59)66(55)60(52)57/h8-38H,1-7H3. The smallest absolute Gasteiger partial charge is 0.333 e. The molecule has 0 unspecified atom stereocenters. The summed E-state index contributed by atoms with van der Waals surface area (Å²) in [6, 6.07) is 70.4. The minimum atomic E-state index is -0.161. The Hall–Kier alpha value is -8.02. The maximum absolute atomic E-state index is 6.99. The van der Waals surface area contributed by atoms with Crippen molar-refractivity contribution in [2.75, 3.05) is 9.80 Å². The van der Waals surface area contributed by atoms with Crippen molar-refractivity contribution in [1.82, 2.24) is 4.48 Å². The minimum absolute atomic E-state index is 0.0967. The molecule has 0 N–H and O–H groups in total. The number of aromatic nitrogens is 1. The zero-order valence-electron chi connectivity index (χ0n) is 40.7. The highest BCUT2D eigenvalue weighted by molar-refractivity contribution is 6.90. The van der Waals surface area contributed by atoms with Gasteiger partial charge in [0.05, 0.1) is 5.39 Å². The lowest BCUT2D eigenvalue weighted by atomic mass is 9.44. The van der Waals surface area contributed by atoms with E-state index in [1.165, 1.54) is 99.2 Å². The number of rotatable bonds is 4. The van der Waals surface area contributed by atoms with Crippen molar-refractivity contribution >= 4 is 117 Å². The van der Waals surface area contributed by atoms with E-state index in [1.807, 2.05) is 0 Å². The van der Waals surface area contributed by atoms with Crippen molar-refractivity contribution < 1.29 is 4.42 Å². The van der Waals surface area contributed by atoms with Crippen LogP contribution in [0.5, 0.6) is 0 Å². The van der Waals surface area contributed by atoms with Crippen LogP contribution in [0, 0.1) is 6.92 Å². The maximum Gasteiger partial charge on any atom is 0.333 e. The zero-order valence-corrected chi connectivity index (χ0v) is 40.7. The second-order valence-corrected chi connectivity index (χ2v) is 21.8. The average molecular weight is 902 g/mol.